The first-order chi connectivity index (χ1) is 9.60. The zero-order valence-electron chi connectivity index (χ0n) is 11.8. The highest BCUT2D eigenvalue weighted by molar-refractivity contribution is 6.02. The second kappa shape index (κ2) is 4.72. The average Bonchev–Trinajstić information content (AvgIpc) is 2.90. The summed E-state index contributed by atoms with van der Waals surface area (Å²) < 4.78 is 1.78. The van der Waals surface area contributed by atoms with Gasteiger partial charge in [-0.15, -0.1) is 0 Å². The van der Waals surface area contributed by atoms with Gasteiger partial charge in [-0.05, 0) is 32.5 Å². The first kappa shape index (κ1) is 12.8. The molecule has 0 radical (unpaired) electrons. The van der Waals surface area contributed by atoms with Crippen LogP contribution < -0.4 is 10.6 Å². The number of anilines is 1. The lowest BCUT2D eigenvalue weighted by Crippen LogP contribution is -2.27. The highest BCUT2D eigenvalue weighted by Gasteiger charge is 2.29. The number of aromatic nitrogens is 3. The monoisotopic (exact) mass is 271 g/mol. The molecule has 0 spiro atoms. The standard InChI is InChI=1S/C14H17N5O/c1-4-15-13-11-6-5-10(7-12(11)17-14(13)20)19-9(3)16-8(2)18-19/h5-7,13,15H,4H2,1-3H3,(H,17,20). The number of aryl methyl sites for hydroxylation is 2. The van der Waals surface area contributed by atoms with Crippen molar-refractivity contribution in [2.45, 2.75) is 26.8 Å². The van der Waals surface area contributed by atoms with Gasteiger partial charge in [0.1, 0.15) is 17.7 Å². The minimum absolute atomic E-state index is 0.00880. The molecule has 1 aromatic heterocycles. The van der Waals surface area contributed by atoms with E-state index < -0.39 is 0 Å². The maximum absolute atomic E-state index is 11.9. The normalized spacial score (nSPS) is 17.1. The number of rotatable bonds is 3. The third-order valence-electron chi connectivity index (χ3n) is 3.40. The van der Waals surface area contributed by atoms with Crippen LogP contribution in [-0.4, -0.2) is 27.2 Å². The van der Waals surface area contributed by atoms with Gasteiger partial charge >= 0.3 is 0 Å². The summed E-state index contributed by atoms with van der Waals surface area (Å²) in [4.78, 5) is 16.2. The summed E-state index contributed by atoms with van der Waals surface area (Å²) >= 11 is 0. The fourth-order valence-electron chi connectivity index (χ4n) is 2.55. The number of nitrogens with zero attached hydrogens (tertiary/aromatic N) is 3. The highest BCUT2D eigenvalue weighted by atomic mass is 16.2. The van der Waals surface area contributed by atoms with E-state index in [1.165, 1.54) is 0 Å². The van der Waals surface area contributed by atoms with Crippen LogP contribution in [-0.2, 0) is 4.79 Å². The van der Waals surface area contributed by atoms with Crippen molar-refractivity contribution in [3.8, 4) is 5.69 Å². The molecule has 6 nitrogen and oxygen atoms in total. The lowest BCUT2D eigenvalue weighted by molar-refractivity contribution is -0.117. The Morgan fingerprint density at radius 2 is 2.20 bits per heavy atom. The van der Waals surface area contributed by atoms with Crippen LogP contribution in [0.15, 0.2) is 18.2 Å². The molecule has 1 unspecified atom stereocenters. The van der Waals surface area contributed by atoms with Crippen molar-refractivity contribution in [3.63, 3.8) is 0 Å². The van der Waals surface area contributed by atoms with E-state index in [1.54, 1.807) is 4.68 Å². The van der Waals surface area contributed by atoms with Gasteiger partial charge in [0.25, 0.3) is 0 Å². The largest absolute Gasteiger partial charge is 0.324 e. The van der Waals surface area contributed by atoms with Crippen molar-refractivity contribution in [3.05, 3.63) is 35.4 Å². The van der Waals surface area contributed by atoms with Crippen molar-refractivity contribution >= 4 is 11.6 Å². The molecule has 3 rings (SSSR count). The number of carbonyl (C=O) groups excluding carboxylic acids is 1. The third kappa shape index (κ3) is 1.98. The first-order valence-electron chi connectivity index (χ1n) is 6.69. The molecule has 1 aromatic carbocycles. The lowest BCUT2D eigenvalue weighted by atomic mass is 10.1. The molecule has 6 heteroatoms. The van der Waals surface area contributed by atoms with E-state index in [0.29, 0.717) is 0 Å². The summed E-state index contributed by atoms with van der Waals surface area (Å²) in [6.45, 7) is 6.51. The second-order valence-corrected chi connectivity index (χ2v) is 4.87. The van der Waals surface area contributed by atoms with Gasteiger partial charge in [-0.2, -0.15) is 5.10 Å². The highest BCUT2D eigenvalue weighted by Crippen LogP contribution is 2.32. The van der Waals surface area contributed by atoms with Crippen LogP contribution in [0.4, 0.5) is 5.69 Å². The summed E-state index contributed by atoms with van der Waals surface area (Å²) in [6.07, 6.45) is 0. The molecule has 0 saturated carbocycles. The molecular formula is C14H17N5O. The maximum Gasteiger partial charge on any atom is 0.246 e. The molecule has 1 aliphatic rings. The number of amides is 1. The fourth-order valence-corrected chi connectivity index (χ4v) is 2.55. The smallest absolute Gasteiger partial charge is 0.246 e. The number of fused-ring (bicyclic) bond motifs is 1. The molecule has 1 atom stereocenters. The van der Waals surface area contributed by atoms with Crippen LogP contribution in [0, 0.1) is 13.8 Å². The van der Waals surface area contributed by atoms with E-state index in [1.807, 2.05) is 39.0 Å². The lowest BCUT2D eigenvalue weighted by Gasteiger charge is -2.10. The molecule has 104 valence electrons. The molecule has 2 aromatic rings. The van der Waals surface area contributed by atoms with Gasteiger partial charge in [-0.3, -0.25) is 4.79 Å². The van der Waals surface area contributed by atoms with Crippen LogP contribution in [0.2, 0.25) is 0 Å². The van der Waals surface area contributed by atoms with Gasteiger partial charge in [0.05, 0.1) is 5.69 Å². The van der Waals surface area contributed by atoms with Gasteiger partial charge in [-0.25, -0.2) is 9.67 Å². The average molecular weight is 271 g/mol. The molecule has 1 aliphatic heterocycles. The zero-order chi connectivity index (χ0) is 14.3. The Balaban J connectivity index is 2.01. The van der Waals surface area contributed by atoms with E-state index in [0.717, 1.165) is 35.1 Å². The van der Waals surface area contributed by atoms with Crippen LogP contribution in [0.25, 0.3) is 5.69 Å². The zero-order valence-corrected chi connectivity index (χ0v) is 11.8. The second-order valence-electron chi connectivity index (χ2n) is 4.87. The number of hydrogen-bond acceptors (Lipinski definition) is 4. The Morgan fingerprint density at radius 3 is 2.85 bits per heavy atom. The van der Waals surface area contributed by atoms with E-state index >= 15 is 0 Å². The summed E-state index contributed by atoms with van der Waals surface area (Å²) in [5, 5.41) is 10.4. The van der Waals surface area contributed by atoms with Gasteiger partial charge < -0.3 is 10.6 Å². The molecule has 0 fully saturated rings. The Kier molecular flexibility index (Phi) is 3.02. The van der Waals surface area contributed by atoms with Crippen LogP contribution >= 0.6 is 0 Å². The third-order valence-corrected chi connectivity index (χ3v) is 3.40. The van der Waals surface area contributed by atoms with Crippen molar-refractivity contribution in [1.82, 2.24) is 20.1 Å². The predicted octanol–water partition coefficient (Wildman–Crippen LogP) is 1.49. The van der Waals surface area contributed by atoms with E-state index in [9.17, 15) is 4.79 Å². The molecule has 0 saturated heterocycles. The molecule has 2 N–H and O–H groups in total. The Hall–Kier alpha value is -2.21. The van der Waals surface area contributed by atoms with Crippen molar-refractivity contribution < 1.29 is 4.79 Å². The van der Waals surface area contributed by atoms with Gasteiger partial charge in [0.2, 0.25) is 5.91 Å². The summed E-state index contributed by atoms with van der Waals surface area (Å²) in [5.74, 6) is 1.55. The van der Waals surface area contributed by atoms with E-state index in [-0.39, 0.29) is 11.9 Å². The number of carbonyl (C=O) groups is 1. The summed E-state index contributed by atoms with van der Waals surface area (Å²) in [5.41, 5.74) is 2.72. The number of hydrogen-bond donors (Lipinski definition) is 2. The Bertz CT molecular complexity index is 676. The minimum atomic E-state index is -0.261. The maximum atomic E-state index is 11.9. The number of likely N-dealkylation sites (N-methyl/N-ethyl adjacent to an activating group) is 1. The van der Waals surface area contributed by atoms with Crippen molar-refractivity contribution in [1.29, 1.82) is 0 Å². The molecule has 1 amide bonds. The molecule has 2 heterocycles. The topological polar surface area (TPSA) is 71.8 Å². The number of nitrogens with one attached hydrogen (secondary N) is 2. The van der Waals surface area contributed by atoms with Crippen LogP contribution in [0.3, 0.4) is 0 Å². The van der Waals surface area contributed by atoms with Gasteiger partial charge in [-0.1, -0.05) is 13.0 Å². The SMILES string of the molecule is CCNC1C(=O)Nc2cc(-n3nc(C)nc3C)ccc21. The van der Waals surface area contributed by atoms with Crippen LogP contribution in [0.5, 0.6) is 0 Å². The van der Waals surface area contributed by atoms with Crippen molar-refractivity contribution in [2.75, 3.05) is 11.9 Å². The molecule has 0 aliphatic carbocycles. The van der Waals surface area contributed by atoms with E-state index in [4.69, 9.17) is 0 Å². The quantitative estimate of drug-likeness (QED) is 0.887. The van der Waals surface area contributed by atoms with Crippen molar-refractivity contribution in [2.24, 2.45) is 0 Å². The molecular weight excluding hydrogens is 254 g/mol. The Labute approximate surface area is 117 Å². The van der Waals surface area contributed by atoms with Crippen LogP contribution in [0.1, 0.15) is 30.2 Å². The minimum Gasteiger partial charge on any atom is -0.324 e. The fraction of sp³-hybridized carbons (Fsp3) is 0.357. The molecule has 0 bridgehead atoms. The first-order valence-corrected chi connectivity index (χ1v) is 6.69. The Morgan fingerprint density at radius 1 is 1.40 bits per heavy atom. The van der Waals surface area contributed by atoms with Gasteiger partial charge in [0.15, 0.2) is 0 Å². The summed E-state index contributed by atoms with van der Waals surface area (Å²) in [7, 11) is 0. The predicted molar refractivity (Wildman–Crippen MR) is 75.9 cm³/mol. The number of benzene rings is 1. The summed E-state index contributed by atoms with van der Waals surface area (Å²) in [6, 6.07) is 5.60. The molecule has 20 heavy (non-hydrogen) atoms. The van der Waals surface area contributed by atoms with Gasteiger partial charge in [0, 0.05) is 11.3 Å². The van der Waals surface area contributed by atoms with E-state index in [2.05, 4.69) is 20.7 Å².